The fourth-order valence-electron chi connectivity index (χ4n) is 3.07. The molecule has 0 aliphatic carbocycles. The lowest BCUT2D eigenvalue weighted by Gasteiger charge is -2.22. The number of fused-ring (bicyclic) bond motifs is 2. The van der Waals surface area contributed by atoms with E-state index in [0.29, 0.717) is 5.56 Å². The molecule has 1 unspecified atom stereocenters. The number of nitrogens with zero attached hydrogens (tertiary/aromatic N) is 3. The van der Waals surface area contributed by atoms with Crippen LogP contribution < -0.4 is 4.90 Å². The number of rotatable bonds is 1. The van der Waals surface area contributed by atoms with Crippen LogP contribution in [-0.4, -0.2) is 21.3 Å². The van der Waals surface area contributed by atoms with Gasteiger partial charge in [-0.25, -0.2) is 4.98 Å². The number of hydrogen-bond donors (Lipinski definition) is 0. The van der Waals surface area contributed by atoms with Crippen LogP contribution in [0.1, 0.15) is 22.8 Å². The molecule has 2 aromatic heterocycles. The van der Waals surface area contributed by atoms with E-state index in [9.17, 15) is 4.79 Å². The molecule has 0 saturated heterocycles. The van der Waals surface area contributed by atoms with Crippen molar-refractivity contribution in [2.24, 2.45) is 0 Å². The van der Waals surface area contributed by atoms with Gasteiger partial charge in [-0.1, -0.05) is 18.2 Å². The van der Waals surface area contributed by atoms with Gasteiger partial charge in [0.05, 0.1) is 18.0 Å². The van der Waals surface area contributed by atoms with E-state index in [0.717, 1.165) is 17.6 Å². The molecule has 0 bridgehead atoms. The molecule has 3 heterocycles. The highest BCUT2D eigenvalue weighted by Gasteiger charge is 2.31. The number of carbonyl (C=O) groups is 1. The molecule has 1 aliphatic rings. The molecule has 4 nitrogen and oxygen atoms in total. The average molecular weight is 277 g/mol. The Balaban J connectivity index is 1.77. The highest BCUT2D eigenvalue weighted by molar-refractivity contribution is 6.08. The Hall–Kier alpha value is -2.62. The third kappa shape index (κ3) is 1.83. The number of imidazole rings is 1. The van der Waals surface area contributed by atoms with Crippen LogP contribution >= 0.6 is 0 Å². The predicted molar refractivity (Wildman–Crippen MR) is 81.6 cm³/mol. The van der Waals surface area contributed by atoms with E-state index in [1.165, 1.54) is 5.56 Å². The van der Waals surface area contributed by atoms with Gasteiger partial charge in [0.15, 0.2) is 0 Å². The summed E-state index contributed by atoms with van der Waals surface area (Å²) in [4.78, 5) is 18.9. The summed E-state index contributed by atoms with van der Waals surface area (Å²) in [6, 6.07) is 12.1. The number of hydrogen-bond acceptors (Lipinski definition) is 2. The molecule has 1 aromatic carbocycles. The zero-order chi connectivity index (χ0) is 14.4. The van der Waals surface area contributed by atoms with Crippen LogP contribution in [0.15, 0.2) is 55.1 Å². The first-order valence-electron chi connectivity index (χ1n) is 7.07. The van der Waals surface area contributed by atoms with Crippen molar-refractivity contribution in [1.82, 2.24) is 9.38 Å². The minimum Gasteiger partial charge on any atom is -0.306 e. The lowest BCUT2D eigenvalue weighted by molar-refractivity contribution is 0.0981. The smallest absolute Gasteiger partial charge is 0.258 e. The summed E-state index contributed by atoms with van der Waals surface area (Å²) in [5.74, 6) is 0.0520. The fourth-order valence-corrected chi connectivity index (χ4v) is 3.07. The number of para-hydroxylation sites is 1. The standard InChI is InChI=1S/C17H15N3O/c1-12-8-13-4-2-3-5-16(13)20(12)17(21)14-6-7-19-11-18-10-15(19)9-14/h2-7,9-12H,8H2,1H3. The summed E-state index contributed by atoms with van der Waals surface area (Å²) in [5.41, 5.74) is 3.90. The van der Waals surface area contributed by atoms with Gasteiger partial charge in [0.2, 0.25) is 0 Å². The van der Waals surface area contributed by atoms with Crippen molar-refractivity contribution in [3.8, 4) is 0 Å². The molecule has 4 heteroatoms. The van der Waals surface area contributed by atoms with Gasteiger partial charge in [0, 0.05) is 23.5 Å². The molecule has 1 aliphatic heterocycles. The quantitative estimate of drug-likeness (QED) is 0.686. The van der Waals surface area contributed by atoms with E-state index in [4.69, 9.17) is 0 Å². The Labute approximate surface area is 122 Å². The first-order valence-corrected chi connectivity index (χ1v) is 7.07. The predicted octanol–water partition coefficient (Wildman–Crippen LogP) is 2.93. The topological polar surface area (TPSA) is 37.6 Å². The summed E-state index contributed by atoms with van der Waals surface area (Å²) in [6.07, 6.45) is 6.29. The van der Waals surface area contributed by atoms with Crippen LogP contribution in [0.25, 0.3) is 5.52 Å². The first-order chi connectivity index (χ1) is 10.2. The molecule has 0 saturated carbocycles. The first kappa shape index (κ1) is 12.1. The zero-order valence-corrected chi connectivity index (χ0v) is 11.7. The summed E-state index contributed by atoms with van der Waals surface area (Å²) in [7, 11) is 0. The highest BCUT2D eigenvalue weighted by Crippen LogP contribution is 2.33. The monoisotopic (exact) mass is 277 g/mol. The second-order valence-corrected chi connectivity index (χ2v) is 5.50. The van der Waals surface area contributed by atoms with Gasteiger partial charge in [0.25, 0.3) is 5.91 Å². The maximum atomic E-state index is 12.9. The van der Waals surface area contributed by atoms with Gasteiger partial charge in [-0.3, -0.25) is 4.79 Å². The molecular weight excluding hydrogens is 262 g/mol. The molecule has 0 N–H and O–H groups in total. The Bertz CT molecular complexity index is 837. The van der Waals surface area contributed by atoms with Gasteiger partial charge < -0.3 is 9.30 Å². The molecule has 21 heavy (non-hydrogen) atoms. The van der Waals surface area contributed by atoms with Crippen molar-refractivity contribution in [3.63, 3.8) is 0 Å². The van der Waals surface area contributed by atoms with Crippen molar-refractivity contribution in [2.75, 3.05) is 4.90 Å². The molecule has 1 amide bonds. The largest absolute Gasteiger partial charge is 0.306 e. The number of anilines is 1. The Morgan fingerprint density at radius 2 is 2.14 bits per heavy atom. The van der Waals surface area contributed by atoms with Crippen LogP contribution in [0.3, 0.4) is 0 Å². The van der Waals surface area contributed by atoms with Crippen LogP contribution in [-0.2, 0) is 6.42 Å². The third-order valence-electron chi connectivity index (χ3n) is 4.09. The van der Waals surface area contributed by atoms with Crippen LogP contribution in [0.4, 0.5) is 5.69 Å². The van der Waals surface area contributed by atoms with Crippen LogP contribution in [0.2, 0.25) is 0 Å². The SMILES string of the molecule is CC1Cc2ccccc2N1C(=O)c1ccn2cncc2c1. The van der Waals surface area contributed by atoms with E-state index in [1.54, 1.807) is 12.5 Å². The number of aromatic nitrogens is 2. The van der Waals surface area contributed by atoms with Crippen molar-refractivity contribution in [2.45, 2.75) is 19.4 Å². The highest BCUT2D eigenvalue weighted by atomic mass is 16.2. The molecule has 0 radical (unpaired) electrons. The van der Waals surface area contributed by atoms with Gasteiger partial charge in [-0.2, -0.15) is 0 Å². The summed E-state index contributed by atoms with van der Waals surface area (Å²) < 4.78 is 1.90. The number of amides is 1. The second kappa shape index (κ2) is 4.45. The summed E-state index contributed by atoms with van der Waals surface area (Å²) in [6.45, 7) is 2.09. The number of carbonyl (C=O) groups excluding carboxylic acids is 1. The normalized spacial score (nSPS) is 17.2. The minimum absolute atomic E-state index is 0.0520. The zero-order valence-electron chi connectivity index (χ0n) is 11.7. The van der Waals surface area contributed by atoms with Crippen molar-refractivity contribution in [1.29, 1.82) is 0 Å². The van der Waals surface area contributed by atoms with E-state index in [1.807, 2.05) is 45.8 Å². The maximum Gasteiger partial charge on any atom is 0.258 e. The van der Waals surface area contributed by atoms with Crippen molar-refractivity contribution >= 4 is 17.1 Å². The number of pyridine rings is 1. The van der Waals surface area contributed by atoms with Gasteiger partial charge in [-0.15, -0.1) is 0 Å². The van der Waals surface area contributed by atoms with E-state index < -0.39 is 0 Å². The average Bonchev–Trinajstić information content (AvgIpc) is 3.08. The minimum atomic E-state index is 0.0520. The molecule has 4 rings (SSSR count). The second-order valence-electron chi connectivity index (χ2n) is 5.50. The Morgan fingerprint density at radius 1 is 1.29 bits per heavy atom. The van der Waals surface area contributed by atoms with Crippen molar-refractivity contribution < 1.29 is 4.79 Å². The molecule has 104 valence electrons. The molecule has 3 aromatic rings. The molecule has 0 fully saturated rings. The molecular formula is C17H15N3O. The van der Waals surface area contributed by atoms with Crippen LogP contribution in [0.5, 0.6) is 0 Å². The Morgan fingerprint density at radius 3 is 3.05 bits per heavy atom. The number of benzene rings is 1. The van der Waals surface area contributed by atoms with E-state index >= 15 is 0 Å². The van der Waals surface area contributed by atoms with Gasteiger partial charge in [-0.05, 0) is 37.1 Å². The summed E-state index contributed by atoms with van der Waals surface area (Å²) in [5, 5.41) is 0. The van der Waals surface area contributed by atoms with Crippen molar-refractivity contribution in [3.05, 3.63) is 66.2 Å². The third-order valence-corrected chi connectivity index (χ3v) is 4.09. The Kier molecular flexibility index (Phi) is 2.57. The van der Waals surface area contributed by atoms with Gasteiger partial charge >= 0.3 is 0 Å². The van der Waals surface area contributed by atoms with E-state index in [2.05, 4.69) is 18.0 Å². The van der Waals surface area contributed by atoms with Gasteiger partial charge in [0.1, 0.15) is 0 Å². The lowest BCUT2D eigenvalue weighted by Crippen LogP contribution is -2.35. The molecule has 0 spiro atoms. The lowest BCUT2D eigenvalue weighted by atomic mass is 10.1. The molecule has 1 atom stereocenters. The van der Waals surface area contributed by atoms with Crippen LogP contribution in [0, 0.1) is 0 Å². The van der Waals surface area contributed by atoms with E-state index in [-0.39, 0.29) is 11.9 Å². The maximum absolute atomic E-state index is 12.9. The summed E-state index contributed by atoms with van der Waals surface area (Å²) >= 11 is 0. The fraction of sp³-hybridized carbons (Fsp3) is 0.176.